The standard InChI is InChI=1S/C20H18N2O2/c23-19-9-3-15(4-10-19)1-7-17-13-18(22-14-21-17)8-2-16-5-11-20(24)12-6-16/h1-11,13-14,20,23-24H,12H2/b7-1+,8-2+. The number of aromatic hydroxyl groups is 1. The number of aromatic nitrogens is 2. The van der Waals surface area contributed by atoms with Gasteiger partial charge in [-0.05, 0) is 47.9 Å². The number of phenolic OH excluding ortho intramolecular Hbond substituents is 1. The molecule has 0 spiro atoms. The molecule has 2 aromatic rings. The van der Waals surface area contributed by atoms with Crippen molar-refractivity contribution < 1.29 is 10.2 Å². The largest absolute Gasteiger partial charge is 0.508 e. The molecule has 2 N–H and O–H groups in total. The minimum Gasteiger partial charge on any atom is -0.508 e. The van der Waals surface area contributed by atoms with Gasteiger partial charge < -0.3 is 10.2 Å². The highest BCUT2D eigenvalue weighted by Gasteiger charge is 2.02. The first kappa shape index (κ1) is 15.9. The second-order valence-electron chi connectivity index (χ2n) is 5.49. The number of allylic oxidation sites excluding steroid dienone is 3. The summed E-state index contributed by atoms with van der Waals surface area (Å²) < 4.78 is 0. The zero-order valence-corrected chi connectivity index (χ0v) is 13.1. The van der Waals surface area contributed by atoms with Crippen LogP contribution in [0, 0.1) is 0 Å². The van der Waals surface area contributed by atoms with E-state index in [0.717, 1.165) is 22.5 Å². The van der Waals surface area contributed by atoms with Crippen LogP contribution >= 0.6 is 0 Å². The third kappa shape index (κ3) is 4.51. The molecule has 24 heavy (non-hydrogen) atoms. The topological polar surface area (TPSA) is 66.2 Å². The molecule has 4 nitrogen and oxygen atoms in total. The molecule has 4 heteroatoms. The van der Waals surface area contributed by atoms with Crippen LogP contribution in [-0.4, -0.2) is 26.3 Å². The van der Waals surface area contributed by atoms with E-state index < -0.39 is 0 Å². The molecule has 1 aromatic carbocycles. The van der Waals surface area contributed by atoms with Crippen LogP contribution in [0.1, 0.15) is 23.4 Å². The molecule has 1 unspecified atom stereocenters. The van der Waals surface area contributed by atoms with Crippen LogP contribution in [0.5, 0.6) is 5.75 Å². The highest BCUT2D eigenvalue weighted by Crippen LogP contribution is 2.14. The third-order valence-corrected chi connectivity index (χ3v) is 3.60. The van der Waals surface area contributed by atoms with Crippen molar-refractivity contribution in [3.63, 3.8) is 0 Å². The number of benzene rings is 1. The van der Waals surface area contributed by atoms with Crippen LogP contribution in [0.4, 0.5) is 0 Å². The molecule has 0 amide bonds. The molecule has 1 heterocycles. The monoisotopic (exact) mass is 318 g/mol. The summed E-state index contributed by atoms with van der Waals surface area (Å²) in [7, 11) is 0. The summed E-state index contributed by atoms with van der Waals surface area (Å²) in [5.74, 6) is 0.250. The predicted octanol–water partition coefficient (Wildman–Crippen LogP) is 3.61. The molecule has 1 aliphatic rings. The molecule has 3 rings (SSSR count). The number of rotatable bonds is 4. The maximum Gasteiger partial charge on any atom is 0.116 e. The summed E-state index contributed by atoms with van der Waals surface area (Å²) in [4.78, 5) is 8.47. The van der Waals surface area contributed by atoms with E-state index >= 15 is 0 Å². The van der Waals surface area contributed by atoms with Crippen LogP contribution < -0.4 is 0 Å². The minimum absolute atomic E-state index is 0.250. The van der Waals surface area contributed by atoms with E-state index in [1.807, 2.05) is 54.7 Å². The second kappa shape index (κ2) is 7.53. The normalized spacial score (nSPS) is 17.5. The average Bonchev–Trinajstić information content (AvgIpc) is 2.61. The van der Waals surface area contributed by atoms with Crippen LogP contribution in [0.15, 0.2) is 66.5 Å². The quantitative estimate of drug-likeness (QED) is 0.903. The zero-order valence-electron chi connectivity index (χ0n) is 13.1. The van der Waals surface area contributed by atoms with Gasteiger partial charge in [-0.2, -0.15) is 0 Å². The highest BCUT2D eigenvalue weighted by molar-refractivity contribution is 5.69. The SMILES string of the molecule is Oc1ccc(/C=C/c2cc(/C=C/C3=CCC(O)C=C3)ncn2)cc1. The predicted molar refractivity (Wildman–Crippen MR) is 95.9 cm³/mol. The molecular formula is C20H18N2O2. The molecule has 1 atom stereocenters. The molecule has 0 saturated carbocycles. The lowest BCUT2D eigenvalue weighted by Crippen LogP contribution is -2.03. The molecule has 0 saturated heterocycles. The van der Waals surface area contributed by atoms with E-state index in [2.05, 4.69) is 9.97 Å². The molecule has 1 aliphatic carbocycles. The number of phenols is 1. The Morgan fingerprint density at radius 2 is 1.67 bits per heavy atom. The zero-order chi connectivity index (χ0) is 16.8. The average molecular weight is 318 g/mol. The van der Waals surface area contributed by atoms with Crippen LogP contribution in [0.3, 0.4) is 0 Å². The number of hydrogen-bond acceptors (Lipinski definition) is 4. The Labute approximate surface area is 140 Å². The van der Waals surface area contributed by atoms with Crippen molar-refractivity contribution in [3.05, 3.63) is 83.5 Å². The molecule has 0 bridgehead atoms. The van der Waals surface area contributed by atoms with Gasteiger partial charge in [0.1, 0.15) is 12.1 Å². The van der Waals surface area contributed by atoms with E-state index in [4.69, 9.17) is 0 Å². The molecule has 0 radical (unpaired) electrons. The van der Waals surface area contributed by atoms with Crippen molar-refractivity contribution in [1.29, 1.82) is 0 Å². The Bertz CT molecular complexity index is 818. The summed E-state index contributed by atoms with van der Waals surface area (Å²) in [6.07, 6.45) is 15.2. The Balaban J connectivity index is 1.70. The lowest BCUT2D eigenvalue weighted by Gasteiger charge is -2.07. The van der Waals surface area contributed by atoms with Crippen molar-refractivity contribution in [1.82, 2.24) is 9.97 Å². The Morgan fingerprint density at radius 1 is 0.958 bits per heavy atom. The number of hydrogen-bond donors (Lipinski definition) is 2. The summed E-state index contributed by atoms with van der Waals surface area (Å²) in [5, 5.41) is 18.7. The first-order valence-corrected chi connectivity index (χ1v) is 7.73. The highest BCUT2D eigenvalue weighted by atomic mass is 16.3. The van der Waals surface area contributed by atoms with E-state index in [9.17, 15) is 10.2 Å². The van der Waals surface area contributed by atoms with Crippen molar-refractivity contribution in [2.45, 2.75) is 12.5 Å². The van der Waals surface area contributed by atoms with Crippen molar-refractivity contribution >= 4 is 18.2 Å². The molecule has 0 aliphatic heterocycles. The lowest BCUT2D eigenvalue weighted by atomic mass is 10.0. The molecular weight excluding hydrogens is 300 g/mol. The molecule has 0 fully saturated rings. The first-order valence-electron chi connectivity index (χ1n) is 7.73. The van der Waals surface area contributed by atoms with Crippen molar-refractivity contribution in [3.8, 4) is 5.75 Å². The fraction of sp³-hybridized carbons (Fsp3) is 0.100. The van der Waals surface area contributed by atoms with Gasteiger partial charge in [0.15, 0.2) is 0 Å². The van der Waals surface area contributed by atoms with Gasteiger partial charge in [-0.3, -0.25) is 0 Å². The summed E-state index contributed by atoms with van der Waals surface area (Å²) in [6.45, 7) is 0. The smallest absolute Gasteiger partial charge is 0.116 e. The van der Waals surface area contributed by atoms with Gasteiger partial charge in [0.2, 0.25) is 0 Å². The van der Waals surface area contributed by atoms with Gasteiger partial charge >= 0.3 is 0 Å². The number of aliphatic hydroxyl groups excluding tert-OH is 1. The van der Waals surface area contributed by atoms with E-state index in [0.29, 0.717) is 6.42 Å². The Morgan fingerprint density at radius 3 is 2.33 bits per heavy atom. The van der Waals surface area contributed by atoms with Gasteiger partial charge in [-0.1, -0.05) is 42.5 Å². The fourth-order valence-corrected chi connectivity index (χ4v) is 2.27. The van der Waals surface area contributed by atoms with Gasteiger partial charge in [0.05, 0.1) is 17.5 Å². The van der Waals surface area contributed by atoms with Gasteiger partial charge in [0, 0.05) is 0 Å². The van der Waals surface area contributed by atoms with E-state index in [1.165, 1.54) is 6.33 Å². The Hall–Kier alpha value is -2.98. The fourth-order valence-electron chi connectivity index (χ4n) is 2.27. The summed E-state index contributed by atoms with van der Waals surface area (Å²) in [5.41, 5.74) is 3.66. The van der Waals surface area contributed by atoms with E-state index in [1.54, 1.807) is 18.2 Å². The lowest BCUT2D eigenvalue weighted by molar-refractivity contribution is 0.225. The number of aliphatic hydroxyl groups is 1. The summed E-state index contributed by atoms with van der Waals surface area (Å²) >= 11 is 0. The summed E-state index contributed by atoms with van der Waals surface area (Å²) in [6, 6.07) is 8.87. The second-order valence-corrected chi connectivity index (χ2v) is 5.49. The number of nitrogens with zero attached hydrogens (tertiary/aromatic N) is 2. The van der Waals surface area contributed by atoms with Gasteiger partial charge in [-0.15, -0.1) is 0 Å². The van der Waals surface area contributed by atoms with Crippen molar-refractivity contribution in [2.75, 3.05) is 0 Å². The van der Waals surface area contributed by atoms with E-state index in [-0.39, 0.29) is 11.9 Å². The van der Waals surface area contributed by atoms with Crippen LogP contribution in [0.25, 0.3) is 18.2 Å². The van der Waals surface area contributed by atoms with Crippen LogP contribution in [-0.2, 0) is 0 Å². The first-order chi connectivity index (χ1) is 11.7. The third-order valence-electron chi connectivity index (χ3n) is 3.60. The van der Waals surface area contributed by atoms with Gasteiger partial charge in [-0.25, -0.2) is 9.97 Å². The minimum atomic E-state index is -0.377. The van der Waals surface area contributed by atoms with Crippen molar-refractivity contribution in [2.24, 2.45) is 0 Å². The van der Waals surface area contributed by atoms with Gasteiger partial charge in [0.25, 0.3) is 0 Å². The molecule has 120 valence electrons. The maximum absolute atomic E-state index is 9.42. The Kier molecular flexibility index (Phi) is 4.99. The maximum atomic E-state index is 9.42. The van der Waals surface area contributed by atoms with Crippen LogP contribution in [0.2, 0.25) is 0 Å². The molecule has 1 aromatic heterocycles.